The van der Waals surface area contributed by atoms with Crippen LogP contribution in [0.15, 0.2) is 72.8 Å². The summed E-state index contributed by atoms with van der Waals surface area (Å²) >= 11 is 5.04. The van der Waals surface area contributed by atoms with Crippen LogP contribution in [0.4, 0.5) is 5.69 Å². The number of anilines is 1. The van der Waals surface area contributed by atoms with Gasteiger partial charge in [0, 0.05) is 16.8 Å². The van der Waals surface area contributed by atoms with Gasteiger partial charge in [-0.1, -0.05) is 51.1 Å². The van der Waals surface area contributed by atoms with Gasteiger partial charge in [0.1, 0.15) is 5.75 Å². The van der Waals surface area contributed by atoms with Crippen LogP contribution in [0, 0.1) is 6.92 Å². The maximum Gasteiger partial charge on any atom is 0.269 e. The van der Waals surface area contributed by atoms with Crippen molar-refractivity contribution in [3.63, 3.8) is 0 Å². The molecule has 8 nitrogen and oxygen atoms in total. The Morgan fingerprint density at radius 2 is 1.41 bits per heavy atom. The van der Waals surface area contributed by atoms with Gasteiger partial charge in [0.2, 0.25) is 0 Å². The minimum Gasteiger partial charge on any atom is -0.483 e. The van der Waals surface area contributed by atoms with Crippen LogP contribution in [-0.4, -0.2) is 29.4 Å². The van der Waals surface area contributed by atoms with E-state index in [1.807, 2.05) is 37.3 Å². The second kappa shape index (κ2) is 12.1. The first kappa shape index (κ1) is 27.3. The van der Waals surface area contributed by atoms with E-state index in [2.05, 4.69) is 42.3 Å². The average molecular weight is 519 g/mol. The summed E-state index contributed by atoms with van der Waals surface area (Å²) in [5, 5.41) is 5.17. The normalized spacial score (nSPS) is 10.7. The van der Waals surface area contributed by atoms with Gasteiger partial charge >= 0.3 is 0 Å². The molecule has 9 heteroatoms. The van der Waals surface area contributed by atoms with Crippen molar-refractivity contribution in [2.24, 2.45) is 0 Å². The van der Waals surface area contributed by atoms with E-state index in [9.17, 15) is 14.4 Å². The van der Waals surface area contributed by atoms with Crippen molar-refractivity contribution in [1.82, 2.24) is 16.2 Å². The van der Waals surface area contributed by atoms with E-state index in [4.69, 9.17) is 17.0 Å². The van der Waals surface area contributed by atoms with E-state index < -0.39 is 11.8 Å². The first-order valence-corrected chi connectivity index (χ1v) is 12.0. The summed E-state index contributed by atoms with van der Waals surface area (Å²) in [6.45, 7) is 7.99. The van der Waals surface area contributed by atoms with E-state index in [-0.39, 0.29) is 23.0 Å². The number of hydrazine groups is 1. The number of hydrogen-bond donors (Lipinski definition) is 4. The molecule has 3 aromatic rings. The van der Waals surface area contributed by atoms with Gasteiger partial charge in [-0.25, -0.2) is 0 Å². The number of nitrogens with one attached hydrogen (secondary N) is 4. The summed E-state index contributed by atoms with van der Waals surface area (Å²) in [5.74, 6) is -0.582. The fourth-order valence-corrected chi connectivity index (χ4v) is 3.44. The maximum atomic E-state index is 12.5. The van der Waals surface area contributed by atoms with Crippen LogP contribution < -0.4 is 26.2 Å². The summed E-state index contributed by atoms with van der Waals surface area (Å²) in [7, 11) is 0. The lowest BCUT2D eigenvalue weighted by atomic mass is 9.87. The highest BCUT2D eigenvalue weighted by Gasteiger charge is 2.15. The van der Waals surface area contributed by atoms with E-state index in [1.54, 1.807) is 42.5 Å². The Kier molecular flexibility index (Phi) is 8.97. The minimum atomic E-state index is -0.469. The second-order valence-corrected chi connectivity index (χ2v) is 9.78. The van der Waals surface area contributed by atoms with Gasteiger partial charge in [-0.3, -0.25) is 30.6 Å². The smallest absolute Gasteiger partial charge is 0.269 e. The molecule has 0 atom stereocenters. The molecule has 0 aliphatic carbocycles. The highest BCUT2D eigenvalue weighted by atomic mass is 32.1. The van der Waals surface area contributed by atoms with Crippen LogP contribution in [0.2, 0.25) is 0 Å². The molecule has 3 aromatic carbocycles. The molecule has 0 unspecified atom stereocenters. The third kappa shape index (κ3) is 8.15. The van der Waals surface area contributed by atoms with Crippen molar-refractivity contribution in [2.75, 3.05) is 11.9 Å². The number of para-hydroxylation sites is 1. The number of amides is 3. The van der Waals surface area contributed by atoms with Crippen LogP contribution in [0.25, 0.3) is 0 Å². The van der Waals surface area contributed by atoms with Crippen molar-refractivity contribution in [3.05, 3.63) is 95.1 Å². The Labute approximate surface area is 221 Å². The SMILES string of the molecule is Cc1ccccc1OCC(=O)NC(=S)NNC(=O)c1ccc(NC(=O)c2ccc(C(C)(C)C)cc2)cc1. The van der Waals surface area contributed by atoms with E-state index in [0.717, 1.165) is 11.1 Å². The zero-order valence-electron chi connectivity index (χ0n) is 21.2. The molecule has 0 aliphatic rings. The van der Waals surface area contributed by atoms with Crippen LogP contribution in [0.1, 0.15) is 52.6 Å². The number of ether oxygens (including phenoxy) is 1. The molecule has 0 bridgehead atoms. The van der Waals surface area contributed by atoms with Gasteiger partial charge in [0.25, 0.3) is 17.7 Å². The summed E-state index contributed by atoms with van der Waals surface area (Å²) in [6, 6.07) is 21.2. The van der Waals surface area contributed by atoms with Gasteiger partial charge in [-0.2, -0.15) is 0 Å². The molecule has 0 aromatic heterocycles. The Balaban J connectivity index is 1.44. The number of rotatable bonds is 6. The van der Waals surface area contributed by atoms with Crippen molar-refractivity contribution < 1.29 is 19.1 Å². The molecule has 37 heavy (non-hydrogen) atoms. The standard InChI is InChI=1S/C28H30N4O4S/c1-18-7-5-6-8-23(18)36-17-24(33)30-27(37)32-31-26(35)20-11-15-22(16-12-20)29-25(34)19-9-13-21(14-10-19)28(2,3)4/h5-16H,17H2,1-4H3,(H,29,34)(H,31,35)(H2,30,32,33,37). The van der Waals surface area contributed by atoms with E-state index in [0.29, 0.717) is 22.6 Å². The second-order valence-electron chi connectivity index (χ2n) is 9.37. The van der Waals surface area contributed by atoms with Crippen molar-refractivity contribution >= 4 is 40.7 Å². The highest BCUT2D eigenvalue weighted by molar-refractivity contribution is 7.80. The number of carbonyl (C=O) groups excluding carboxylic acids is 3. The molecule has 4 N–H and O–H groups in total. The minimum absolute atomic E-state index is 0.00553. The number of aryl methyl sites for hydroxylation is 1. The van der Waals surface area contributed by atoms with Gasteiger partial charge in [0.15, 0.2) is 11.7 Å². The average Bonchev–Trinajstić information content (AvgIpc) is 2.87. The molecule has 0 spiro atoms. The maximum absolute atomic E-state index is 12.5. The van der Waals surface area contributed by atoms with Crippen LogP contribution >= 0.6 is 12.2 Å². The zero-order chi connectivity index (χ0) is 27.0. The third-order valence-corrected chi connectivity index (χ3v) is 5.62. The lowest BCUT2D eigenvalue weighted by Crippen LogP contribution is -2.49. The summed E-state index contributed by atoms with van der Waals surface area (Å²) in [4.78, 5) is 37.0. The molecule has 0 radical (unpaired) electrons. The van der Waals surface area contributed by atoms with E-state index in [1.165, 1.54) is 0 Å². The Morgan fingerprint density at radius 1 is 0.811 bits per heavy atom. The predicted octanol–water partition coefficient (Wildman–Crippen LogP) is 4.26. The summed E-state index contributed by atoms with van der Waals surface area (Å²) in [6.07, 6.45) is 0. The molecule has 3 rings (SSSR count). The zero-order valence-corrected chi connectivity index (χ0v) is 22.0. The van der Waals surface area contributed by atoms with E-state index >= 15 is 0 Å². The lowest BCUT2D eigenvalue weighted by Gasteiger charge is -2.19. The lowest BCUT2D eigenvalue weighted by molar-refractivity contribution is -0.121. The fraction of sp³-hybridized carbons (Fsp3) is 0.214. The third-order valence-electron chi connectivity index (χ3n) is 5.41. The predicted molar refractivity (Wildman–Crippen MR) is 148 cm³/mol. The van der Waals surface area contributed by atoms with Crippen molar-refractivity contribution in [1.29, 1.82) is 0 Å². The van der Waals surface area contributed by atoms with Crippen molar-refractivity contribution in [2.45, 2.75) is 33.1 Å². The Morgan fingerprint density at radius 3 is 2.03 bits per heavy atom. The van der Waals surface area contributed by atoms with Crippen LogP contribution in [0.5, 0.6) is 5.75 Å². The number of carbonyl (C=O) groups is 3. The van der Waals surface area contributed by atoms with Gasteiger partial charge in [-0.05, 0) is 78.1 Å². The Bertz CT molecular complexity index is 1280. The van der Waals surface area contributed by atoms with Crippen molar-refractivity contribution in [3.8, 4) is 5.75 Å². The molecule has 192 valence electrons. The van der Waals surface area contributed by atoms with Gasteiger partial charge in [-0.15, -0.1) is 0 Å². The van der Waals surface area contributed by atoms with Crippen LogP contribution in [0.3, 0.4) is 0 Å². The largest absolute Gasteiger partial charge is 0.483 e. The summed E-state index contributed by atoms with van der Waals surface area (Å²) < 4.78 is 5.46. The first-order valence-electron chi connectivity index (χ1n) is 11.6. The molecular weight excluding hydrogens is 488 g/mol. The number of hydrogen-bond acceptors (Lipinski definition) is 5. The molecule has 3 amide bonds. The molecule has 0 fully saturated rings. The monoisotopic (exact) mass is 518 g/mol. The quantitative estimate of drug-likeness (QED) is 0.287. The highest BCUT2D eigenvalue weighted by Crippen LogP contribution is 2.22. The molecule has 0 saturated heterocycles. The Hall–Kier alpha value is -4.24. The first-order chi connectivity index (χ1) is 17.5. The number of benzene rings is 3. The topological polar surface area (TPSA) is 109 Å². The fourth-order valence-electron chi connectivity index (χ4n) is 3.27. The molecular formula is C28H30N4O4S. The number of thiocarbonyl (C=S) groups is 1. The van der Waals surface area contributed by atoms with Gasteiger partial charge in [0.05, 0.1) is 0 Å². The summed E-state index contributed by atoms with van der Waals surface area (Å²) in [5.41, 5.74) is 8.37. The molecule has 0 aliphatic heterocycles. The molecule has 0 heterocycles. The molecule has 0 saturated carbocycles. The van der Waals surface area contributed by atoms with Crippen LogP contribution in [-0.2, 0) is 10.2 Å². The van der Waals surface area contributed by atoms with Gasteiger partial charge < -0.3 is 10.1 Å².